The minimum absolute atomic E-state index is 0.297. The first-order valence-corrected chi connectivity index (χ1v) is 13.4. The number of hydrogen-bond donors (Lipinski definition) is 0. The third kappa shape index (κ3) is 6.41. The molecule has 2 unspecified atom stereocenters. The van der Waals surface area contributed by atoms with Gasteiger partial charge in [-0.05, 0) is 72.8 Å². The van der Waals surface area contributed by atoms with Gasteiger partial charge in [0.05, 0.1) is 0 Å². The van der Waals surface area contributed by atoms with Gasteiger partial charge in [-0.2, -0.15) is 0 Å². The van der Waals surface area contributed by atoms with Crippen LogP contribution in [0, 0.1) is 0 Å². The molecule has 6 nitrogen and oxygen atoms in total. The van der Waals surface area contributed by atoms with Gasteiger partial charge in [0, 0.05) is 60.8 Å². The van der Waals surface area contributed by atoms with Crippen molar-refractivity contribution in [3.63, 3.8) is 0 Å². The van der Waals surface area contributed by atoms with Gasteiger partial charge in [0.15, 0.2) is 0 Å². The highest BCUT2D eigenvalue weighted by Gasteiger charge is 2.22. The highest BCUT2D eigenvalue weighted by Crippen LogP contribution is 2.37. The van der Waals surface area contributed by atoms with Crippen molar-refractivity contribution in [1.82, 2.24) is 0 Å². The summed E-state index contributed by atoms with van der Waals surface area (Å²) < 4.78 is 11.0. The lowest BCUT2D eigenvalue weighted by molar-refractivity contribution is -0.145. The second-order valence-corrected chi connectivity index (χ2v) is 9.61. The van der Waals surface area contributed by atoms with Gasteiger partial charge < -0.3 is 19.3 Å². The van der Waals surface area contributed by atoms with E-state index in [0.717, 1.165) is 34.1 Å². The van der Waals surface area contributed by atoms with Crippen molar-refractivity contribution in [2.75, 3.05) is 9.80 Å². The average molecular weight is 533 g/mol. The van der Waals surface area contributed by atoms with E-state index in [0.29, 0.717) is 12.8 Å². The quantitative estimate of drug-likeness (QED) is 0.280. The number of carbonyl (C=O) groups is 2. The maximum Gasteiger partial charge on any atom is 0.303 e. The molecule has 0 fully saturated rings. The molecule has 0 heterocycles. The molecule has 2 atom stereocenters. The lowest BCUT2D eigenvalue weighted by Gasteiger charge is -2.31. The van der Waals surface area contributed by atoms with E-state index in [1.54, 1.807) is 0 Å². The number of esters is 2. The van der Waals surface area contributed by atoms with E-state index in [2.05, 4.69) is 70.5 Å². The molecule has 0 aromatic heterocycles. The molecular formula is C34H32N2O4. The van der Waals surface area contributed by atoms with Gasteiger partial charge in [-0.15, -0.1) is 0 Å². The summed E-state index contributed by atoms with van der Waals surface area (Å²) in [7, 11) is 0. The molecule has 3 aromatic rings. The van der Waals surface area contributed by atoms with Gasteiger partial charge in [0.2, 0.25) is 0 Å². The molecule has 3 aromatic carbocycles. The third-order valence-corrected chi connectivity index (χ3v) is 6.57. The minimum atomic E-state index is -0.313. The number of benzene rings is 3. The average Bonchev–Trinajstić information content (AvgIpc) is 2.95. The number of rotatable bonds is 8. The van der Waals surface area contributed by atoms with E-state index in [1.165, 1.54) is 13.8 Å². The summed E-state index contributed by atoms with van der Waals surface area (Å²) in [5.74, 6) is -0.593. The van der Waals surface area contributed by atoms with Crippen molar-refractivity contribution in [2.24, 2.45) is 0 Å². The predicted molar refractivity (Wildman–Crippen MR) is 158 cm³/mol. The van der Waals surface area contributed by atoms with Crippen LogP contribution in [0.25, 0.3) is 0 Å². The summed E-state index contributed by atoms with van der Waals surface area (Å²) in [6.45, 7) is 2.87. The molecule has 6 heteroatoms. The fourth-order valence-corrected chi connectivity index (χ4v) is 4.96. The van der Waals surface area contributed by atoms with E-state index in [-0.39, 0.29) is 24.1 Å². The van der Waals surface area contributed by atoms with Crippen molar-refractivity contribution < 1.29 is 19.1 Å². The number of anilines is 4. The maximum atomic E-state index is 11.6. The summed E-state index contributed by atoms with van der Waals surface area (Å²) in [4.78, 5) is 27.5. The van der Waals surface area contributed by atoms with E-state index >= 15 is 0 Å². The molecule has 40 heavy (non-hydrogen) atoms. The highest BCUT2D eigenvalue weighted by molar-refractivity contribution is 5.76. The van der Waals surface area contributed by atoms with Crippen LogP contribution in [0.2, 0.25) is 0 Å². The zero-order valence-electron chi connectivity index (χ0n) is 22.6. The second-order valence-electron chi connectivity index (χ2n) is 9.61. The van der Waals surface area contributed by atoms with Crippen LogP contribution in [0.5, 0.6) is 0 Å². The third-order valence-electron chi connectivity index (χ3n) is 6.57. The van der Waals surface area contributed by atoms with Crippen LogP contribution >= 0.6 is 0 Å². The van der Waals surface area contributed by atoms with E-state index < -0.39 is 0 Å². The Labute approximate surface area is 235 Å². The lowest BCUT2D eigenvalue weighted by Crippen LogP contribution is -2.23. The van der Waals surface area contributed by atoms with Crippen molar-refractivity contribution >= 4 is 34.7 Å². The Bertz CT molecular complexity index is 1340. The van der Waals surface area contributed by atoms with Crippen LogP contribution in [0.3, 0.4) is 0 Å². The molecule has 0 amide bonds. The summed E-state index contributed by atoms with van der Waals surface area (Å²) in [6.07, 6.45) is 12.8. The summed E-state index contributed by atoms with van der Waals surface area (Å²) in [5, 5.41) is 0. The van der Waals surface area contributed by atoms with Gasteiger partial charge >= 0.3 is 11.9 Å². The molecule has 2 aliphatic carbocycles. The summed E-state index contributed by atoms with van der Waals surface area (Å²) in [6, 6.07) is 28.6. The minimum Gasteiger partial charge on any atom is -0.458 e. The normalized spacial score (nSPS) is 17.9. The van der Waals surface area contributed by atoms with E-state index in [9.17, 15) is 9.59 Å². The summed E-state index contributed by atoms with van der Waals surface area (Å²) >= 11 is 0. The zero-order valence-corrected chi connectivity index (χ0v) is 22.6. The Kier molecular flexibility index (Phi) is 8.26. The molecule has 0 spiro atoms. The lowest BCUT2D eigenvalue weighted by atomic mass is 10.1. The van der Waals surface area contributed by atoms with E-state index in [4.69, 9.17) is 9.47 Å². The molecule has 0 radical (unpaired) electrons. The Hall–Kier alpha value is -4.84. The second kappa shape index (κ2) is 12.3. The van der Waals surface area contributed by atoms with Crippen molar-refractivity contribution in [2.45, 2.75) is 38.9 Å². The number of para-hydroxylation sites is 2. The smallest absolute Gasteiger partial charge is 0.303 e. The highest BCUT2D eigenvalue weighted by atomic mass is 16.5. The largest absolute Gasteiger partial charge is 0.458 e. The van der Waals surface area contributed by atoms with Gasteiger partial charge in [-0.3, -0.25) is 9.59 Å². The Morgan fingerprint density at radius 2 is 0.925 bits per heavy atom. The fraction of sp³-hybridized carbons (Fsp3) is 0.176. The first-order valence-electron chi connectivity index (χ1n) is 13.4. The number of allylic oxidation sites excluding steroid dienone is 2. The molecule has 0 aliphatic heterocycles. The van der Waals surface area contributed by atoms with Gasteiger partial charge in [0.1, 0.15) is 12.2 Å². The Morgan fingerprint density at radius 1 is 0.575 bits per heavy atom. The van der Waals surface area contributed by atoms with Gasteiger partial charge in [0.25, 0.3) is 0 Å². The summed E-state index contributed by atoms with van der Waals surface area (Å²) in [5.41, 5.74) is 5.78. The molecule has 5 rings (SSSR count). The van der Waals surface area contributed by atoms with Crippen LogP contribution in [-0.4, -0.2) is 24.1 Å². The maximum absolute atomic E-state index is 11.6. The fourth-order valence-electron chi connectivity index (χ4n) is 4.96. The molecular weight excluding hydrogens is 500 g/mol. The predicted octanol–water partition coefficient (Wildman–Crippen LogP) is 7.51. The van der Waals surface area contributed by atoms with Gasteiger partial charge in [-0.25, -0.2) is 0 Å². The first kappa shape index (κ1) is 26.8. The molecule has 0 saturated heterocycles. The molecule has 2 aliphatic rings. The molecule has 202 valence electrons. The Morgan fingerprint density at radius 3 is 1.27 bits per heavy atom. The SMILES string of the molecule is CC(=O)OC1C=C(N(c2ccccc2)c2ccc(N(C3=CC(OC(C)=O)CC=C3)c3ccccc3)cc2)C=CC1. The number of ether oxygens (including phenoxy) is 2. The van der Waals surface area contributed by atoms with Crippen LogP contribution < -0.4 is 9.80 Å². The zero-order chi connectivity index (χ0) is 27.9. The van der Waals surface area contributed by atoms with Crippen LogP contribution in [0.1, 0.15) is 26.7 Å². The molecule has 0 N–H and O–H groups in total. The standard InChI is InChI=1S/C34H32N2O4/c1-25(37)39-33-17-9-15-31(23-33)35(27-11-5-3-6-12-27)29-19-21-30(22-20-29)36(28-13-7-4-8-14-28)32-16-10-18-34(24-32)40-26(2)38/h3-16,19-24,33-34H,17-18H2,1-2H3. The topological polar surface area (TPSA) is 59.1 Å². The first-order chi connectivity index (χ1) is 19.5. The number of nitrogens with zero attached hydrogens (tertiary/aromatic N) is 2. The number of hydrogen-bond acceptors (Lipinski definition) is 6. The molecule has 0 bridgehead atoms. The van der Waals surface area contributed by atoms with Crippen LogP contribution in [0.15, 0.2) is 133 Å². The van der Waals surface area contributed by atoms with E-state index in [1.807, 2.05) is 60.7 Å². The monoisotopic (exact) mass is 532 g/mol. The van der Waals surface area contributed by atoms with Crippen LogP contribution in [0.4, 0.5) is 22.7 Å². The van der Waals surface area contributed by atoms with Crippen molar-refractivity contribution in [3.05, 3.63) is 133 Å². The van der Waals surface area contributed by atoms with Crippen LogP contribution in [-0.2, 0) is 19.1 Å². The Balaban J connectivity index is 1.52. The molecule has 0 saturated carbocycles. The van der Waals surface area contributed by atoms with Crippen molar-refractivity contribution in [3.8, 4) is 0 Å². The van der Waals surface area contributed by atoms with Gasteiger partial charge in [-0.1, -0.05) is 48.6 Å². The van der Waals surface area contributed by atoms with Crippen molar-refractivity contribution in [1.29, 1.82) is 0 Å². The number of carbonyl (C=O) groups excluding carboxylic acids is 2.